The number of nitrogens with one attached hydrogen (secondary N) is 1. The van der Waals surface area contributed by atoms with Gasteiger partial charge in [-0.1, -0.05) is 42.3 Å². The highest BCUT2D eigenvalue weighted by Crippen LogP contribution is 2.10. The first-order chi connectivity index (χ1) is 9.28. The van der Waals surface area contributed by atoms with Crippen LogP contribution in [0.5, 0.6) is 0 Å². The molecule has 19 heavy (non-hydrogen) atoms. The van der Waals surface area contributed by atoms with Crippen LogP contribution >= 0.6 is 0 Å². The third-order valence-corrected chi connectivity index (χ3v) is 2.52. The standard InChI is InChI=1S/C17H13NO/c1-2-14-9-6-10-16(13-14)18-17(19)12-11-15-7-4-3-5-8-15/h1,3-13H,(H,18,19). The van der Waals surface area contributed by atoms with Gasteiger partial charge in [0.05, 0.1) is 0 Å². The van der Waals surface area contributed by atoms with Gasteiger partial charge in [-0.3, -0.25) is 4.79 Å². The van der Waals surface area contributed by atoms with Crippen molar-refractivity contribution in [2.75, 3.05) is 5.32 Å². The SMILES string of the molecule is C#Cc1cccc(NC(=O)C=Cc2ccccc2)c1. The number of anilines is 1. The second kappa shape index (κ2) is 6.23. The first kappa shape index (κ1) is 12.7. The average molecular weight is 247 g/mol. The zero-order chi connectivity index (χ0) is 13.5. The molecule has 2 rings (SSSR count). The van der Waals surface area contributed by atoms with E-state index in [4.69, 9.17) is 6.42 Å². The molecule has 1 N–H and O–H groups in total. The zero-order valence-corrected chi connectivity index (χ0v) is 10.3. The summed E-state index contributed by atoms with van der Waals surface area (Å²) in [5, 5.41) is 2.77. The Hall–Kier alpha value is -2.79. The molecular formula is C17H13NO. The summed E-state index contributed by atoms with van der Waals surface area (Å²) in [6, 6.07) is 16.8. The number of amides is 1. The Labute approximate surface area is 112 Å². The van der Waals surface area contributed by atoms with Gasteiger partial charge in [0, 0.05) is 17.3 Å². The van der Waals surface area contributed by atoms with E-state index >= 15 is 0 Å². The predicted octanol–water partition coefficient (Wildman–Crippen LogP) is 3.32. The Bertz CT molecular complexity index is 636. The fourth-order valence-electron chi connectivity index (χ4n) is 1.61. The zero-order valence-electron chi connectivity index (χ0n) is 10.3. The van der Waals surface area contributed by atoms with Crippen molar-refractivity contribution in [3.63, 3.8) is 0 Å². The molecule has 0 aliphatic carbocycles. The summed E-state index contributed by atoms with van der Waals surface area (Å²) in [7, 11) is 0. The van der Waals surface area contributed by atoms with Crippen molar-refractivity contribution in [3.8, 4) is 12.3 Å². The lowest BCUT2D eigenvalue weighted by atomic mass is 10.2. The van der Waals surface area contributed by atoms with Crippen LogP contribution in [0.25, 0.3) is 6.08 Å². The Balaban J connectivity index is 2.02. The predicted molar refractivity (Wildman–Crippen MR) is 78.5 cm³/mol. The number of benzene rings is 2. The molecule has 0 radical (unpaired) electrons. The van der Waals surface area contributed by atoms with Crippen LogP contribution in [0.15, 0.2) is 60.7 Å². The molecule has 0 saturated heterocycles. The minimum atomic E-state index is -0.182. The van der Waals surface area contributed by atoms with Crippen molar-refractivity contribution in [2.24, 2.45) is 0 Å². The van der Waals surface area contributed by atoms with E-state index in [-0.39, 0.29) is 5.91 Å². The van der Waals surface area contributed by atoms with Gasteiger partial charge in [-0.05, 0) is 29.8 Å². The number of hydrogen-bond donors (Lipinski definition) is 1. The van der Waals surface area contributed by atoms with Gasteiger partial charge in [0.2, 0.25) is 5.91 Å². The number of carbonyl (C=O) groups is 1. The van der Waals surface area contributed by atoms with E-state index in [0.717, 1.165) is 11.1 Å². The van der Waals surface area contributed by atoms with Crippen molar-refractivity contribution in [1.82, 2.24) is 0 Å². The van der Waals surface area contributed by atoms with Crippen LogP contribution in [0.1, 0.15) is 11.1 Å². The second-order valence-corrected chi connectivity index (χ2v) is 3.96. The summed E-state index contributed by atoms with van der Waals surface area (Å²) >= 11 is 0. The highest BCUT2D eigenvalue weighted by molar-refractivity contribution is 6.01. The quantitative estimate of drug-likeness (QED) is 0.654. The molecule has 92 valence electrons. The van der Waals surface area contributed by atoms with E-state index in [2.05, 4.69) is 11.2 Å². The van der Waals surface area contributed by atoms with Gasteiger partial charge in [-0.25, -0.2) is 0 Å². The van der Waals surface area contributed by atoms with Crippen LogP contribution in [0.2, 0.25) is 0 Å². The monoisotopic (exact) mass is 247 g/mol. The number of rotatable bonds is 3. The van der Waals surface area contributed by atoms with E-state index in [1.54, 1.807) is 18.2 Å². The normalized spacial score (nSPS) is 10.1. The Morgan fingerprint density at radius 1 is 1.11 bits per heavy atom. The van der Waals surface area contributed by atoms with Crippen molar-refractivity contribution < 1.29 is 4.79 Å². The van der Waals surface area contributed by atoms with Gasteiger partial charge < -0.3 is 5.32 Å². The summed E-state index contributed by atoms with van der Waals surface area (Å²) in [5.41, 5.74) is 2.41. The fraction of sp³-hybridized carbons (Fsp3) is 0. The van der Waals surface area contributed by atoms with E-state index in [9.17, 15) is 4.79 Å². The molecule has 0 aromatic heterocycles. The van der Waals surface area contributed by atoms with Crippen LogP contribution in [0.4, 0.5) is 5.69 Å². The van der Waals surface area contributed by atoms with Gasteiger partial charge >= 0.3 is 0 Å². The van der Waals surface area contributed by atoms with E-state index in [0.29, 0.717) is 5.69 Å². The summed E-state index contributed by atoms with van der Waals surface area (Å²) in [6.07, 6.45) is 8.57. The van der Waals surface area contributed by atoms with Gasteiger partial charge in [0.15, 0.2) is 0 Å². The maximum atomic E-state index is 11.7. The van der Waals surface area contributed by atoms with Crippen LogP contribution in [-0.4, -0.2) is 5.91 Å². The van der Waals surface area contributed by atoms with Crippen molar-refractivity contribution in [3.05, 3.63) is 71.8 Å². The van der Waals surface area contributed by atoms with Crippen LogP contribution < -0.4 is 5.32 Å². The molecule has 0 unspecified atom stereocenters. The number of terminal acetylenes is 1. The van der Waals surface area contributed by atoms with Crippen LogP contribution in [0, 0.1) is 12.3 Å². The van der Waals surface area contributed by atoms with Crippen molar-refractivity contribution in [2.45, 2.75) is 0 Å². The fourth-order valence-corrected chi connectivity index (χ4v) is 1.61. The van der Waals surface area contributed by atoms with E-state index < -0.39 is 0 Å². The van der Waals surface area contributed by atoms with Crippen LogP contribution in [0.3, 0.4) is 0 Å². The molecule has 0 aliphatic rings. The lowest BCUT2D eigenvalue weighted by molar-refractivity contribution is -0.111. The molecule has 2 nitrogen and oxygen atoms in total. The summed E-state index contributed by atoms with van der Waals surface area (Å²) in [5.74, 6) is 2.35. The lowest BCUT2D eigenvalue weighted by Gasteiger charge is -2.02. The minimum Gasteiger partial charge on any atom is -0.322 e. The minimum absolute atomic E-state index is 0.182. The van der Waals surface area contributed by atoms with E-state index in [1.807, 2.05) is 42.5 Å². The summed E-state index contributed by atoms with van der Waals surface area (Å²) in [4.78, 5) is 11.7. The van der Waals surface area contributed by atoms with Crippen LogP contribution in [-0.2, 0) is 4.79 Å². The molecule has 0 heterocycles. The first-order valence-electron chi connectivity index (χ1n) is 5.89. The van der Waals surface area contributed by atoms with E-state index in [1.165, 1.54) is 6.08 Å². The second-order valence-electron chi connectivity index (χ2n) is 3.96. The lowest BCUT2D eigenvalue weighted by Crippen LogP contribution is -2.07. The Morgan fingerprint density at radius 2 is 1.89 bits per heavy atom. The van der Waals surface area contributed by atoms with Gasteiger partial charge in [0.25, 0.3) is 0 Å². The molecule has 0 spiro atoms. The highest BCUT2D eigenvalue weighted by atomic mass is 16.1. The molecule has 0 aliphatic heterocycles. The van der Waals surface area contributed by atoms with Gasteiger partial charge in [-0.2, -0.15) is 0 Å². The number of carbonyl (C=O) groups excluding carboxylic acids is 1. The highest BCUT2D eigenvalue weighted by Gasteiger charge is 1.98. The number of hydrogen-bond acceptors (Lipinski definition) is 1. The third-order valence-electron chi connectivity index (χ3n) is 2.52. The molecule has 2 heteroatoms. The maximum absolute atomic E-state index is 11.7. The average Bonchev–Trinajstić information content (AvgIpc) is 2.46. The third kappa shape index (κ3) is 3.86. The smallest absolute Gasteiger partial charge is 0.248 e. The topological polar surface area (TPSA) is 29.1 Å². The largest absolute Gasteiger partial charge is 0.322 e. The molecule has 1 amide bonds. The summed E-state index contributed by atoms with van der Waals surface area (Å²) < 4.78 is 0. The van der Waals surface area contributed by atoms with Crippen molar-refractivity contribution in [1.29, 1.82) is 0 Å². The molecule has 0 bridgehead atoms. The maximum Gasteiger partial charge on any atom is 0.248 e. The molecular weight excluding hydrogens is 234 g/mol. The Kier molecular flexibility index (Phi) is 4.15. The van der Waals surface area contributed by atoms with Gasteiger partial charge in [0.1, 0.15) is 0 Å². The molecule has 0 fully saturated rings. The summed E-state index contributed by atoms with van der Waals surface area (Å²) in [6.45, 7) is 0. The molecule has 0 atom stereocenters. The molecule has 2 aromatic carbocycles. The molecule has 0 saturated carbocycles. The molecule has 2 aromatic rings. The first-order valence-corrected chi connectivity index (χ1v) is 5.89. The Morgan fingerprint density at radius 3 is 2.63 bits per heavy atom. The van der Waals surface area contributed by atoms with Crippen molar-refractivity contribution >= 4 is 17.7 Å². The van der Waals surface area contributed by atoms with Gasteiger partial charge in [-0.15, -0.1) is 6.42 Å².